The van der Waals surface area contributed by atoms with Gasteiger partial charge in [-0.1, -0.05) is 31.4 Å². The summed E-state index contributed by atoms with van der Waals surface area (Å²) in [4.78, 5) is 34.6. The molecular weight excluding hydrogens is 288 g/mol. The molecule has 6 heteroatoms. The quantitative estimate of drug-likeness (QED) is 0.240. The molecule has 1 rings (SSSR count). The van der Waals surface area contributed by atoms with Gasteiger partial charge in [0.1, 0.15) is 19.8 Å². The highest BCUT2D eigenvalue weighted by Gasteiger charge is 2.18. The first kappa shape index (κ1) is 17.2. The number of carbonyl (C=O) groups excluding carboxylic acids is 3. The van der Waals surface area contributed by atoms with Crippen LogP contribution < -0.4 is 0 Å². The van der Waals surface area contributed by atoms with Crippen LogP contribution in [-0.2, 0) is 19.0 Å². The number of ether oxygens (including phenoxy) is 3. The maximum Gasteiger partial charge on any atom is 0.339 e. The molecule has 0 saturated heterocycles. The van der Waals surface area contributed by atoms with Crippen molar-refractivity contribution in [2.45, 2.75) is 0 Å². The molecule has 0 amide bonds. The van der Waals surface area contributed by atoms with Crippen molar-refractivity contribution in [1.82, 2.24) is 0 Å². The average Bonchev–Trinajstić information content (AvgIpc) is 2.55. The Bertz CT molecular complexity index is 576. The number of benzene rings is 1. The lowest BCUT2D eigenvalue weighted by Crippen LogP contribution is -2.16. The number of carbonyl (C=O) groups is 3. The SMILES string of the molecule is C=CCOC(=O)c1ccccc1C(=O)OCCOC(=O)C=C. The standard InChI is InChI=1S/C16H16O6/c1-3-9-21-15(18)12-7-5-6-8-13(12)16(19)22-11-10-20-14(17)4-2/h3-8H,1-2,9-11H2. The summed E-state index contributed by atoms with van der Waals surface area (Å²) in [7, 11) is 0. The van der Waals surface area contributed by atoms with Crippen LogP contribution in [0.5, 0.6) is 0 Å². The predicted molar refractivity (Wildman–Crippen MR) is 78.4 cm³/mol. The molecule has 0 spiro atoms. The van der Waals surface area contributed by atoms with E-state index in [4.69, 9.17) is 9.47 Å². The van der Waals surface area contributed by atoms with Crippen molar-refractivity contribution in [2.24, 2.45) is 0 Å². The Morgan fingerprint density at radius 1 is 0.909 bits per heavy atom. The fourth-order valence-corrected chi connectivity index (χ4v) is 1.46. The minimum atomic E-state index is -0.708. The first-order valence-electron chi connectivity index (χ1n) is 6.43. The molecule has 0 bridgehead atoms. The van der Waals surface area contributed by atoms with Crippen LogP contribution in [0.3, 0.4) is 0 Å². The smallest absolute Gasteiger partial charge is 0.339 e. The molecule has 0 radical (unpaired) electrons. The second kappa shape index (κ2) is 9.12. The van der Waals surface area contributed by atoms with Crippen LogP contribution in [0.2, 0.25) is 0 Å². The van der Waals surface area contributed by atoms with E-state index in [2.05, 4.69) is 17.9 Å². The van der Waals surface area contributed by atoms with Gasteiger partial charge in [-0.3, -0.25) is 0 Å². The van der Waals surface area contributed by atoms with E-state index in [1.165, 1.54) is 18.2 Å². The normalized spacial score (nSPS) is 9.45. The molecule has 22 heavy (non-hydrogen) atoms. The van der Waals surface area contributed by atoms with E-state index in [9.17, 15) is 14.4 Å². The van der Waals surface area contributed by atoms with Gasteiger partial charge in [0.25, 0.3) is 0 Å². The van der Waals surface area contributed by atoms with Crippen LogP contribution in [0.4, 0.5) is 0 Å². The zero-order valence-electron chi connectivity index (χ0n) is 11.9. The lowest BCUT2D eigenvalue weighted by atomic mass is 10.1. The molecular formula is C16H16O6. The molecule has 0 aromatic heterocycles. The Morgan fingerprint density at radius 2 is 1.45 bits per heavy atom. The first-order chi connectivity index (χ1) is 10.6. The van der Waals surface area contributed by atoms with Gasteiger partial charge in [0.2, 0.25) is 0 Å². The number of esters is 3. The van der Waals surface area contributed by atoms with E-state index >= 15 is 0 Å². The maximum absolute atomic E-state index is 11.9. The molecule has 0 heterocycles. The summed E-state index contributed by atoms with van der Waals surface area (Å²) in [6.07, 6.45) is 2.43. The predicted octanol–water partition coefficient (Wildman–Crippen LogP) is 1.92. The van der Waals surface area contributed by atoms with Gasteiger partial charge in [0.05, 0.1) is 11.1 Å². The third kappa shape index (κ3) is 5.24. The highest BCUT2D eigenvalue weighted by atomic mass is 16.6. The molecule has 116 valence electrons. The Balaban J connectivity index is 2.65. The van der Waals surface area contributed by atoms with Gasteiger partial charge in [0, 0.05) is 6.08 Å². The lowest BCUT2D eigenvalue weighted by Gasteiger charge is -2.09. The largest absolute Gasteiger partial charge is 0.459 e. The van der Waals surface area contributed by atoms with Crippen molar-refractivity contribution < 1.29 is 28.6 Å². The second-order valence-electron chi connectivity index (χ2n) is 3.94. The fraction of sp³-hybridized carbons (Fsp3) is 0.188. The van der Waals surface area contributed by atoms with Gasteiger partial charge >= 0.3 is 17.9 Å². The molecule has 0 aliphatic carbocycles. The number of hydrogen-bond donors (Lipinski definition) is 0. The molecule has 0 saturated carbocycles. The highest BCUT2D eigenvalue weighted by molar-refractivity contribution is 6.03. The molecule has 6 nitrogen and oxygen atoms in total. The lowest BCUT2D eigenvalue weighted by molar-refractivity contribution is -0.138. The molecule has 0 aliphatic heterocycles. The van der Waals surface area contributed by atoms with Crippen molar-refractivity contribution in [3.05, 3.63) is 60.7 Å². The zero-order chi connectivity index (χ0) is 16.4. The Morgan fingerprint density at radius 3 is 2.00 bits per heavy atom. The average molecular weight is 304 g/mol. The van der Waals surface area contributed by atoms with Crippen molar-refractivity contribution >= 4 is 17.9 Å². The van der Waals surface area contributed by atoms with Crippen LogP contribution in [0.15, 0.2) is 49.6 Å². The van der Waals surface area contributed by atoms with Crippen LogP contribution >= 0.6 is 0 Å². The van der Waals surface area contributed by atoms with Gasteiger partial charge < -0.3 is 14.2 Å². The van der Waals surface area contributed by atoms with Crippen molar-refractivity contribution in [3.63, 3.8) is 0 Å². The summed E-state index contributed by atoms with van der Waals surface area (Å²) in [5.74, 6) is -1.96. The fourth-order valence-electron chi connectivity index (χ4n) is 1.46. The molecule has 0 aliphatic rings. The van der Waals surface area contributed by atoms with E-state index in [1.807, 2.05) is 0 Å². The molecule has 0 fully saturated rings. The molecule has 0 unspecified atom stereocenters. The van der Waals surface area contributed by atoms with E-state index in [0.29, 0.717) is 0 Å². The van der Waals surface area contributed by atoms with Crippen molar-refractivity contribution in [2.75, 3.05) is 19.8 Å². The Kier molecular flexibility index (Phi) is 7.12. The molecule has 1 aromatic carbocycles. The number of hydrogen-bond acceptors (Lipinski definition) is 6. The van der Waals surface area contributed by atoms with Gasteiger partial charge in [0.15, 0.2) is 0 Å². The summed E-state index contributed by atoms with van der Waals surface area (Å²) in [5, 5.41) is 0. The maximum atomic E-state index is 11.9. The summed E-state index contributed by atoms with van der Waals surface area (Å²) in [5.41, 5.74) is 0.170. The third-order valence-corrected chi connectivity index (χ3v) is 2.43. The molecule has 0 N–H and O–H groups in total. The van der Waals surface area contributed by atoms with E-state index < -0.39 is 17.9 Å². The van der Waals surface area contributed by atoms with Gasteiger partial charge in [-0.2, -0.15) is 0 Å². The van der Waals surface area contributed by atoms with Crippen LogP contribution in [0.1, 0.15) is 20.7 Å². The summed E-state index contributed by atoms with van der Waals surface area (Å²) in [6.45, 7) is 6.49. The monoisotopic (exact) mass is 304 g/mol. The summed E-state index contributed by atoms with van der Waals surface area (Å²) in [6, 6.07) is 6.11. The zero-order valence-corrected chi connectivity index (χ0v) is 11.9. The summed E-state index contributed by atoms with van der Waals surface area (Å²) < 4.78 is 14.5. The van der Waals surface area contributed by atoms with E-state index in [1.54, 1.807) is 12.1 Å². The molecule has 1 aromatic rings. The first-order valence-corrected chi connectivity index (χ1v) is 6.43. The van der Waals surface area contributed by atoms with Gasteiger partial charge in [-0.15, -0.1) is 0 Å². The van der Waals surface area contributed by atoms with Gasteiger partial charge in [-0.05, 0) is 12.1 Å². The van der Waals surface area contributed by atoms with Crippen LogP contribution in [0, 0.1) is 0 Å². The van der Waals surface area contributed by atoms with Crippen molar-refractivity contribution in [3.8, 4) is 0 Å². The van der Waals surface area contributed by atoms with Crippen LogP contribution in [0.25, 0.3) is 0 Å². The highest BCUT2D eigenvalue weighted by Crippen LogP contribution is 2.12. The van der Waals surface area contributed by atoms with E-state index in [0.717, 1.165) is 6.08 Å². The molecule has 0 atom stereocenters. The second-order valence-corrected chi connectivity index (χ2v) is 3.94. The van der Waals surface area contributed by atoms with Crippen molar-refractivity contribution in [1.29, 1.82) is 0 Å². The minimum absolute atomic E-state index is 0.0414. The Labute approximate surface area is 128 Å². The third-order valence-electron chi connectivity index (χ3n) is 2.43. The van der Waals surface area contributed by atoms with E-state index in [-0.39, 0.29) is 30.9 Å². The Hall–Kier alpha value is -2.89. The van der Waals surface area contributed by atoms with Crippen LogP contribution in [-0.4, -0.2) is 37.7 Å². The summed E-state index contributed by atoms with van der Waals surface area (Å²) >= 11 is 0. The van der Waals surface area contributed by atoms with Gasteiger partial charge in [-0.25, -0.2) is 14.4 Å². The number of rotatable bonds is 8. The topological polar surface area (TPSA) is 78.9 Å². The minimum Gasteiger partial charge on any atom is -0.459 e.